The summed E-state index contributed by atoms with van der Waals surface area (Å²) in [5.41, 5.74) is -0.428. The first-order valence-corrected chi connectivity index (χ1v) is 7.74. The largest absolute Gasteiger partial charge is 0.444 e. The lowest BCUT2D eigenvalue weighted by Gasteiger charge is -2.46. The minimum absolute atomic E-state index is 0.179. The molecule has 2 aliphatic rings. The fourth-order valence-electron chi connectivity index (χ4n) is 3.29. The molecule has 2 saturated heterocycles. The van der Waals surface area contributed by atoms with Crippen molar-refractivity contribution >= 4 is 6.09 Å². The van der Waals surface area contributed by atoms with Crippen molar-refractivity contribution in [2.24, 2.45) is 0 Å². The summed E-state index contributed by atoms with van der Waals surface area (Å²) < 4.78 is 5.53. The first-order valence-electron chi connectivity index (χ1n) is 7.74. The Kier molecular flexibility index (Phi) is 4.59. The maximum absolute atomic E-state index is 12.3. The normalized spacial score (nSPS) is 32.5. The molecule has 0 aromatic rings. The number of hydrogen-bond acceptors (Lipinski definition) is 4. The lowest BCUT2D eigenvalue weighted by Crippen LogP contribution is -2.61. The number of carbonyl (C=O) groups is 1. The molecule has 0 spiro atoms. The first kappa shape index (κ1) is 15.6. The van der Waals surface area contributed by atoms with Crippen LogP contribution in [0.1, 0.15) is 41.0 Å². The lowest BCUT2D eigenvalue weighted by atomic mass is 10.1. The van der Waals surface area contributed by atoms with Gasteiger partial charge in [-0.15, -0.1) is 0 Å². The zero-order valence-electron chi connectivity index (χ0n) is 13.5. The van der Waals surface area contributed by atoms with E-state index in [0.29, 0.717) is 6.04 Å². The van der Waals surface area contributed by atoms with Crippen molar-refractivity contribution in [2.45, 2.75) is 64.8 Å². The average Bonchev–Trinajstić information content (AvgIpc) is 2.78. The van der Waals surface area contributed by atoms with Crippen molar-refractivity contribution in [3.05, 3.63) is 0 Å². The fraction of sp³-hybridized carbons (Fsp3) is 0.933. The van der Waals surface area contributed by atoms with E-state index in [1.807, 2.05) is 25.7 Å². The van der Waals surface area contributed by atoms with Crippen LogP contribution in [0, 0.1) is 0 Å². The van der Waals surface area contributed by atoms with E-state index in [2.05, 4.69) is 24.1 Å². The zero-order valence-corrected chi connectivity index (χ0v) is 13.5. The van der Waals surface area contributed by atoms with E-state index < -0.39 is 5.60 Å². The predicted molar refractivity (Wildman–Crippen MR) is 79.8 cm³/mol. The minimum atomic E-state index is -0.428. The van der Waals surface area contributed by atoms with E-state index in [-0.39, 0.29) is 18.2 Å². The number of ether oxygens (including phenoxy) is 1. The summed E-state index contributed by atoms with van der Waals surface area (Å²) in [7, 11) is 0. The van der Waals surface area contributed by atoms with Crippen molar-refractivity contribution in [2.75, 3.05) is 26.2 Å². The van der Waals surface area contributed by atoms with Gasteiger partial charge in [0.25, 0.3) is 0 Å². The van der Waals surface area contributed by atoms with E-state index >= 15 is 0 Å². The van der Waals surface area contributed by atoms with Gasteiger partial charge in [0, 0.05) is 37.8 Å². The van der Waals surface area contributed by atoms with Crippen LogP contribution in [0.25, 0.3) is 0 Å². The molecule has 2 rings (SSSR count). The van der Waals surface area contributed by atoms with Crippen LogP contribution in [0.4, 0.5) is 4.79 Å². The Morgan fingerprint density at radius 3 is 2.25 bits per heavy atom. The van der Waals surface area contributed by atoms with Crippen molar-refractivity contribution in [1.82, 2.24) is 15.1 Å². The number of nitrogens with zero attached hydrogens (tertiary/aromatic N) is 2. The van der Waals surface area contributed by atoms with E-state index in [1.54, 1.807) is 0 Å². The molecule has 0 aromatic carbocycles. The molecule has 3 atom stereocenters. The summed E-state index contributed by atoms with van der Waals surface area (Å²) >= 11 is 0. The zero-order chi connectivity index (χ0) is 14.9. The highest BCUT2D eigenvalue weighted by atomic mass is 16.6. The molecule has 0 unspecified atom stereocenters. The second-order valence-corrected chi connectivity index (χ2v) is 7.19. The van der Waals surface area contributed by atoms with Crippen molar-refractivity contribution in [3.63, 3.8) is 0 Å². The lowest BCUT2D eigenvalue weighted by molar-refractivity contribution is -0.0210. The molecule has 0 aliphatic carbocycles. The minimum Gasteiger partial charge on any atom is -0.444 e. The Morgan fingerprint density at radius 2 is 1.80 bits per heavy atom. The average molecular weight is 283 g/mol. The van der Waals surface area contributed by atoms with E-state index in [0.717, 1.165) is 26.2 Å². The third kappa shape index (κ3) is 3.64. The van der Waals surface area contributed by atoms with Gasteiger partial charge in [0.1, 0.15) is 5.60 Å². The number of rotatable bonds is 1. The molecule has 116 valence electrons. The van der Waals surface area contributed by atoms with E-state index in [4.69, 9.17) is 4.74 Å². The second kappa shape index (κ2) is 5.90. The Bertz CT molecular complexity index is 336. The fourth-order valence-corrected chi connectivity index (χ4v) is 3.29. The molecule has 1 amide bonds. The van der Waals surface area contributed by atoms with Crippen molar-refractivity contribution in [3.8, 4) is 0 Å². The molecule has 0 aromatic heterocycles. The molecular weight excluding hydrogens is 254 g/mol. The Hall–Kier alpha value is -0.810. The molecule has 2 aliphatic heterocycles. The van der Waals surface area contributed by atoms with Gasteiger partial charge in [0.2, 0.25) is 0 Å². The van der Waals surface area contributed by atoms with Crippen LogP contribution >= 0.6 is 0 Å². The van der Waals surface area contributed by atoms with Gasteiger partial charge >= 0.3 is 6.09 Å². The monoisotopic (exact) mass is 283 g/mol. The molecule has 0 radical (unpaired) electrons. The van der Waals surface area contributed by atoms with Crippen LogP contribution in [-0.2, 0) is 4.74 Å². The summed E-state index contributed by atoms with van der Waals surface area (Å²) in [5, 5.41) is 3.42. The van der Waals surface area contributed by atoms with E-state index in [9.17, 15) is 4.79 Å². The third-order valence-electron chi connectivity index (χ3n) is 4.10. The van der Waals surface area contributed by atoms with Crippen molar-refractivity contribution < 1.29 is 9.53 Å². The van der Waals surface area contributed by atoms with Crippen LogP contribution < -0.4 is 5.32 Å². The van der Waals surface area contributed by atoms with Crippen LogP contribution in [-0.4, -0.2) is 65.8 Å². The smallest absolute Gasteiger partial charge is 0.410 e. The SMILES string of the molecule is C[C@@H]1CN([C@@H]2CCNC2)C[C@H](C)N1C(=O)OC(C)(C)C. The standard InChI is InChI=1S/C15H29N3O2/c1-11-9-17(13-6-7-16-8-13)10-12(2)18(11)14(19)20-15(3,4)5/h11-13,16H,6-10H2,1-5H3/t11-,12+,13-/m1/s1. The highest BCUT2D eigenvalue weighted by Crippen LogP contribution is 2.22. The van der Waals surface area contributed by atoms with Crippen LogP contribution in [0.2, 0.25) is 0 Å². The number of amides is 1. The summed E-state index contributed by atoms with van der Waals surface area (Å²) in [6.45, 7) is 14.1. The summed E-state index contributed by atoms with van der Waals surface area (Å²) in [6.07, 6.45) is 1.04. The molecule has 5 heteroatoms. The summed E-state index contributed by atoms with van der Waals surface area (Å²) in [5.74, 6) is 0. The first-order chi connectivity index (χ1) is 9.28. The Balaban J connectivity index is 1.97. The highest BCUT2D eigenvalue weighted by Gasteiger charge is 2.38. The van der Waals surface area contributed by atoms with Gasteiger partial charge in [-0.3, -0.25) is 4.90 Å². The highest BCUT2D eigenvalue weighted by molar-refractivity contribution is 5.69. The molecule has 2 heterocycles. The van der Waals surface area contributed by atoms with E-state index in [1.165, 1.54) is 6.42 Å². The molecule has 5 nitrogen and oxygen atoms in total. The molecule has 2 fully saturated rings. The van der Waals surface area contributed by atoms with Crippen LogP contribution in [0.3, 0.4) is 0 Å². The maximum Gasteiger partial charge on any atom is 0.410 e. The van der Waals surface area contributed by atoms with Crippen molar-refractivity contribution in [1.29, 1.82) is 0 Å². The third-order valence-corrected chi connectivity index (χ3v) is 4.10. The molecule has 0 bridgehead atoms. The van der Waals surface area contributed by atoms with Gasteiger partial charge in [-0.1, -0.05) is 0 Å². The van der Waals surface area contributed by atoms with Gasteiger partial charge in [-0.25, -0.2) is 4.79 Å². The summed E-state index contributed by atoms with van der Waals surface area (Å²) in [6, 6.07) is 1.03. The van der Waals surface area contributed by atoms with Gasteiger partial charge in [0.05, 0.1) is 0 Å². The molecular formula is C15H29N3O2. The number of nitrogens with one attached hydrogen (secondary N) is 1. The Labute approximate surface area is 122 Å². The topological polar surface area (TPSA) is 44.8 Å². The number of piperazine rings is 1. The number of hydrogen-bond donors (Lipinski definition) is 1. The van der Waals surface area contributed by atoms with Gasteiger partial charge in [-0.05, 0) is 47.6 Å². The quantitative estimate of drug-likeness (QED) is 0.795. The molecule has 20 heavy (non-hydrogen) atoms. The maximum atomic E-state index is 12.3. The van der Waals surface area contributed by atoms with Crippen LogP contribution in [0.15, 0.2) is 0 Å². The second-order valence-electron chi connectivity index (χ2n) is 7.19. The summed E-state index contributed by atoms with van der Waals surface area (Å²) in [4.78, 5) is 16.8. The van der Waals surface area contributed by atoms with Gasteiger partial charge in [0.15, 0.2) is 0 Å². The van der Waals surface area contributed by atoms with Gasteiger partial charge < -0.3 is 15.0 Å². The van der Waals surface area contributed by atoms with Crippen LogP contribution in [0.5, 0.6) is 0 Å². The molecule has 0 saturated carbocycles. The van der Waals surface area contributed by atoms with Gasteiger partial charge in [-0.2, -0.15) is 0 Å². The Morgan fingerprint density at radius 1 is 1.20 bits per heavy atom. The molecule has 1 N–H and O–H groups in total. The predicted octanol–water partition coefficient (Wildman–Crippen LogP) is 1.68. The number of carbonyl (C=O) groups excluding carboxylic acids is 1.